The Morgan fingerprint density at radius 1 is 1.18 bits per heavy atom. The molecule has 1 aromatic rings. The Morgan fingerprint density at radius 3 is 2.50 bits per heavy atom. The van der Waals surface area contributed by atoms with Crippen LogP contribution in [0.25, 0.3) is 0 Å². The maximum absolute atomic E-state index is 11.5. The van der Waals surface area contributed by atoms with E-state index in [1.54, 1.807) is 0 Å². The van der Waals surface area contributed by atoms with Crippen molar-refractivity contribution in [3.8, 4) is 0 Å². The molecule has 2 saturated heterocycles. The van der Waals surface area contributed by atoms with Gasteiger partial charge in [0.2, 0.25) is 11.8 Å². The third-order valence-corrected chi connectivity index (χ3v) is 5.09. The Kier molecular flexibility index (Phi) is 4.48. The number of aromatic nitrogens is 2. The molecule has 3 heterocycles. The predicted molar refractivity (Wildman–Crippen MR) is 83.9 cm³/mol. The molecule has 22 heavy (non-hydrogen) atoms. The molecule has 9 nitrogen and oxygen atoms in total. The molecule has 0 unspecified atom stereocenters. The van der Waals surface area contributed by atoms with Crippen molar-refractivity contribution in [1.82, 2.24) is 15.3 Å². The molecule has 10 heteroatoms. The van der Waals surface area contributed by atoms with Gasteiger partial charge in [0.25, 0.3) is 0 Å². The molecular formula is C12H18N6O3S. The fourth-order valence-electron chi connectivity index (χ4n) is 2.59. The van der Waals surface area contributed by atoms with Crippen molar-refractivity contribution in [2.45, 2.75) is 0 Å². The minimum atomic E-state index is -0.835. The van der Waals surface area contributed by atoms with Gasteiger partial charge in [-0.2, -0.15) is 4.98 Å². The summed E-state index contributed by atoms with van der Waals surface area (Å²) in [5.74, 6) is 1.90. The highest BCUT2D eigenvalue weighted by Gasteiger charge is 2.27. The van der Waals surface area contributed by atoms with Crippen LogP contribution in [0, 0.1) is 10.1 Å². The molecule has 2 aliphatic rings. The summed E-state index contributed by atoms with van der Waals surface area (Å²) in [4.78, 5) is 23.2. The fourth-order valence-corrected chi connectivity index (χ4v) is 3.64. The van der Waals surface area contributed by atoms with Crippen LogP contribution in [0.3, 0.4) is 0 Å². The van der Waals surface area contributed by atoms with Crippen LogP contribution in [0.2, 0.25) is 0 Å². The fraction of sp³-hybridized carbons (Fsp3) is 0.667. The molecule has 0 amide bonds. The van der Waals surface area contributed by atoms with E-state index in [0.717, 1.165) is 26.2 Å². The SMILES string of the molecule is O=[N+]([O-])c1cnc(N2CCNCC2)nc1N1CCS(=O)CC1. The Balaban J connectivity index is 1.90. The first-order valence-electron chi connectivity index (χ1n) is 7.22. The quantitative estimate of drug-likeness (QED) is 0.578. The molecule has 2 aliphatic heterocycles. The highest BCUT2D eigenvalue weighted by atomic mass is 32.2. The molecule has 3 rings (SSSR count). The van der Waals surface area contributed by atoms with E-state index in [1.165, 1.54) is 6.20 Å². The Hall–Kier alpha value is -1.81. The topological polar surface area (TPSA) is 104 Å². The number of hydrogen-bond donors (Lipinski definition) is 1. The third kappa shape index (κ3) is 3.17. The average Bonchev–Trinajstić information content (AvgIpc) is 2.56. The lowest BCUT2D eigenvalue weighted by Crippen LogP contribution is -2.44. The number of nitro groups is 1. The van der Waals surface area contributed by atoms with Crippen LogP contribution in [0.5, 0.6) is 0 Å². The summed E-state index contributed by atoms with van der Waals surface area (Å²) in [6, 6.07) is 0. The Morgan fingerprint density at radius 2 is 1.86 bits per heavy atom. The van der Waals surface area contributed by atoms with E-state index in [0.29, 0.717) is 36.4 Å². The van der Waals surface area contributed by atoms with Gasteiger partial charge in [-0.3, -0.25) is 14.3 Å². The number of rotatable bonds is 3. The van der Waals surface area contributed by atoms with Crippen LogP contribution >= 0.6 is 0 Å². The number of nitrogens with zero attached hydrogens (tertiary/aromatic N) is 5. The lowest BCUT2D eigenvalue weighted by atomic mass is 10.3. The van der Waals surface area contributed by atoms with E-state index in [4.69, 9.17) is 0 Å². The van der Waals surface area contributed by atoms with Crippen molar-refractivity contribution >= 4 is 28.3 Å². The van der Waals surface area contributed by atoms with Crippen molar-refractivity contribution in [3.63, 3.8) is 0 Å². The van der Waals surface area contributed by atoms with Gasteiger partial charge in [-0.15, -0.1) is 0 Å². The van der Waals surface area contributed by atoms with Crippen LogP contribution in [-0.4, -0.2) is 69.9 Å². The highest BCUT2D eigenvalue weighted by Crippen LogP contribution is 2.28. The van der Waals surface area contributed by atoms with Crippen molar-refractivity contribution < 1.29 is 9.13 Å². The molecule has 1 aromatic heterocycles. The highest BCUT2D eigenvalue weighted by molar-refractivity contribution is 7.85. The summed E-state index contributed by atoms with van der Waals surface area (Å²) >= 11 is 0. The Labute approximate surface area is 130 Å². The van der Waals surface area contributed by atoms with E-state index in [9.17, 15) is 14.3 Å². The van der Waals surface area contributed by atoms with E-state index >= 15 is 0 Å². The van der Waals surface area contributed by atoms with Gasteiger partial charge in [-0.1, -0.05) is 0 Å². The molecule has 0 aliphatic carbocycles. The molecule has 0 atom stereocenters. The second-order valence-corrected chi connectivity index (χ2v) is 6.90. The van der Waals surface area contributed by atoms with Gasteiger partial charge >= 0.3 is 5.69 Å². The number of piperazine rings is 1. The van der Waals surface area contributed by atoms with Crippen LogP contribution in [0.15, 0.2) is 6.20 Å². The van der Waals surface area contributed by atoms with Crippen LogP contribution in [0.4, 0.5) is 17.5 Å². The van der Waals surface area contributed by atoms with E-state index in [2.05, 4.69) is 15.3 Å². The first-order valence-corrected chi connectivity index (χ1v) is 8.71. The van der Waals surface area contributed by atoms with Gasteiger partial charge < -0.3 is 15.1 Å². The number of nitrogens with one attached hydrogen (secondary N) is 1. The minimum absolute atomic E-state index is 0.0911. The van der Waals surface area contributed by atoms with Crippen molar-refractivity contribution in [1.29, 1.82) is 0 Å². The molecule has 0 bridgehead atoms. The first kappa shape index (κ1) is 15.1. The van der Waals surface area contributed by atoms with Crippen molar-refractivity contribution in [3.05, 3.63) is 16.3 Å². The summed E-state index contributed by atoms with van der Waals surface area (Å²) in [5, 5.41) is 14.5. The van der Waals surface area contributed by atoms with Gasteiger partial charge in [-0.25, -0.2) is 4.98 Å². The van der Waals surface area contributed by atoms with Gasteiger partial charge in [0.15, 0.2) is 0 Å². The molecule has 2 fully saturated rings. The van der Waals surface area contributed by atoms with Crippen LogP contribution in [-0.2, 0) is 10.8 Å². The summed E-state index contributed by atoms with van der Waals surface area (Å²) in [7, 11) is -0.835. The zero-order chi connectivity index (χ0) is 15.5. The normalized spacial score (nSPS) is 20.2. The molecule has 120 valence electrons. The zero-order valence-corrected chi connectivity index (χ0v) is 12.9. The second-order valence-electron chi connectivity index (χ2n) is 5.21. The number of hydrogen-bond acceptors (Lipinski definition) is 8. The largest absolute Gasteiger partial charge is 0.349 e. The summed E-state index contributed by atoms with van der Waals surface area (Å²) in [6.07, 6.45) is 1.28. The van der Waals surface area contributed by atoms with Crippen LogP contribution < -0.4 is 15.1 Å². The monoisotopic (exact) mass is 326 g/mol. The number of anilines is 2. The molecule has 0 spiro atoms. The zero-order valence-electron chi connectivity index (χ0n) is 12.1. The van der Waals surface area contributed by atoms with Gasteiger partial charge in [0.05, 0.1) is 4.92 Å². The van der Waals surface area contributed by atoms with Gasteiger partial charge in [0, 0.05) is 61.6 Å². The maximum Gasteiger partial charge on any atom is 0.329 e. The van der Waals surface area contributed by atoms with E-state index < -0.39 is 15.7 Å². The predicted octanol–water partition coefficient (Wildman–Crippen LogP) is -0.637. The van der Waals surface area contributed by atoms with Crippen molar-refractivity contribution in [2.24, 2.45) is 0 Å². The lowest BCUT2D eigenvalue weighted by molar-refractivity contribution is -0.384. The maximum atomic E-state index is 11.5. The smallest absolute Gasteiger partial charge is 0.329 e. The summed E-state index contributed by atoms with van der Waals surface area (Å²) in [6.45, 7) is 4.29. The van der Waals surface area contributed by atoms with E-state index in [-0.39, 0.29) is 5.69 Å². The molecule has 0 aromatic carbocycles. The van der Waals surface area contributed by atoms with Gasteiger partial charge in [0.1, 0.15) is 6.20 Å². The van der Waals surface area contributed by atoms with Gasteiger partial charge in [-0.05, 0) is 0 Å². The van der Waals surface area contributed by atoms with Crippen molar-refractivity contribution in [2.75, 3.05) is 60.6 Å². The van der Waals surface area contributed by atoms with Crippen LogP contribution in [0.1, 0.15) is 0 Å². The van der Waals surface area contributed by atoms with E-state index in [1.807, 2.05) is 9.80 Å². The first-order chi connectivity index (χ1) is 10.6. The molecular weight excluding hydrogens is 308 g/mol. The summed E-state index contributed by atoms with van der Waals surface area (Å²) < 4.78 is 11.5. The minimum Gasteiger partial charge on any atom is -0.349 e. The molecule has 0 saturated carbocycles. The lowest BCUT2D eigenvalue weighted by Gasteiger charge is -2.30. The summed E-state index contributed by atoms with van der Waals surface area (Å²) in [5.41, 5.74) is -0.0911. The Bertz CT molecular complexity index is 582. The molecule has 0 radical (unpaired) electrons. The standard InChI is InChI=1S/C12H18N6O3S/c19-18(20)10-9-14-12(17-3-1-13-2-4-17)15-11(10)16-5-7-22(21)8-6-16/h9,13H,1-8H2. The third-order valence-electron chi connectivity index (χ3n) is 3.81. The second kappa shape index (κ2) is 6.53. The molecule has 1 N–H and O–H groups in total. The average molecular weight is 326 g/mol.